The van der Waals surface area contributed by atoms with Crippen molar-refractivity contribution in [1.82, 2.24) is 5.32 Å². The zero-order valence-corrected chi connectivity index (χ0v) is 12.9. The molecule has 0 saturated carbocycles. The number of benzene rings is 1. The van der Waals surface area contributed by atoms with E-state index < -0.39 is 0 Å². The van der Waals surface area contributed by atoms with Gasteiger partial charge in [0.1, 0.15) is 0 Å². The number of halogens is 2. The average Bonchev–Trinajstić information content (AvgIpc) is 2.39. The number of hydrogen-bond donors (Lipinski definition) is 1. The Kier molecular flexibility index (Phi) is 6.46. The Morgan fingerprint density at radius 1 is 1.26 bits per heavy atom. The highest BCUT2D eigenvalue weighted by molar-refractivity contribution is 6.37. The van der Waals surface area contributed by atoms with Crippen molar-refractivity contribution in [1.29, 1.82) is 0 Å². The van der Waals surface area contributed by atoms with Gasteiger partial charge in [0.05, 0.1) is 17.2 Å². The first kappa shape index (κ1) is 16.1. The van der Waals surface area contributed by atoms with Crippen LogP contribution in [-0.2, 0) is 0 Å². The van der Waals surface area contributed by atoms with Gasteiger partial charge in [-0.15, -0.1) is 0 Å². The number of rotatable bonds is 6. The van der Waals surface area contributed by atoms with Crippen LogP contribution in [0.15, 0.2) is 12.1 Å². The van der Waals surface area contributed by atoms with Gasteiger partial charge in [-0.3, -0.25) is 4.79 Å². The maximum Gasteiger partial charge on any atom is 0.251 e. The second-order valence-electron chi connectivity index (χ2n) is 4.37. The van der Waals surface area contributed by atoms with Crippen molar-refractivity contribution in [2.24, 2.45) is 5.92 Å². The van der Waals surface area contributed by atoms with Crippen LogP contribution in [0.5, 0.6) is 5.75 Å². The zero-order valence-electron chi connectivity index (χ0n) is 11.4. The van der Waals surface area contributed by atoms with Crippen molar-refractivity contribution < 1.29 is 9.53 Å². The molecule has 1 rings (SSSR count). The third-order valence-corrected chi connectivity index (χ3v) is 3.73. The fraction of sp³-hybridized carbons (Fsp3) is 0.500. The summed E-state index contributed by atoms with van der Waals surface area (Å²) in [5.74, 6) is 0.714. The molecule has 0 atom stereocenters. The minimum Gasteiger partial charge on any atom is -0.494 e. The van der Waals surface area contributed by atoms with Gasteiger partial charge >= 0.3 is 0 Å². The molecule has 0 aliphatic heterocycles. The lowest BCUT2D eigenvalue weighted by atomic mass is 10.0. The molecule has 5 heteroatoms. The maximum absolute atomic E-state index is 12.0. The quantitative estimate of drug-likeness (QED) is 0.856. The highest BCUT2D eigenvalue weighted by Gasteiger charge is 2.14. The van der Waals surface area contributed by atoms with Crippen LogP contribution < -0.4 is 10.1 Å². The van der Waals surface area contributed by atoms with E-state index in [1.807, 2.05) is 0 Å². The Bertz CT molecular complexity index is 422. The normalized spacial score (nSPS) is 10.6. The first-order chi connectivity index (χ1) is 9.03. The number of carbonyl (C=O) groups is 1. The first-order valence-corrected chi connectivity index (χ1v) is 7.10. The first-order valence-electron chi connectivity index (χ1n) is 6.34. The number of nitrogens with one attached hydrogen (secondary N) is 1. The molecule has 0 saturated heterocycles. The molecular formula is C14H19Cl2NO2. The summed E-state index contributed by atoms with van der Waals surface area (Å²) >= 11 is 12.0. The van der Waals surface area contributed by atoms with Crippen molar-refractivity contribution >= 4 is 29.1 Å². The van der Waals surface area contributed by atoms with Crippen LogP contribution in [0, 0.1) is 5.92 Å². The number of amides is 1. The molecule has 0 unspecified atom stereocenters. The molecule has 3 nitrogen and oxygen atoms in total. The Morgan fingerprint density at radius 2 is 1.79 bits per heavy atom. The van der Waals surface area contributed by atoms with Gasteiger partial charge in [-0.05, 0) is 18.1 Å². The second kappa shape index (κ2) is 7.61. The predicted octanol–water partition coefficient (Wildman–Crippen LogP) is 4.17. The van der Waals surface area contributed by atoms with Gasteiger partial charge in [0.25, 0.3) is 5.91 Å². The fourth-order valence-corrected chi connectivity index (χ4v) is 2.44. The smallest absolute Gasteiger partial charge is 0.251 e. The van der Waals surface area contributed by atoms with Crippen LogP contribution in [0.3, 0.4) is 0 Å². The molecule has 106 valence electrons. The molecule has 0 bridgehead atoms. The second-order valence-corrected chi connectivity index (χ2v) is 5.18. The summed E-state index contributed by atoms with van der Waals surface area (Å²) in [6, 6.07) is 3.13. The highest BCUT2D eigenvalue weighted by Crippen LogP contribution is 2.33. The van der Waals surface area contributed by atoms with Gasteiger partial charge in [-0.2, -0.15) is 0 Å². The van der Waals surface area contributed by atoms with Gasteiger partial charge in [0.15, 0.2) is 5.75 Å². The molecule has 19 heavy (non-hydrogen) atoms. The van der Waals surface area contributed by atoms with Crippen molar-refractivity contribution in [3.8, 4) is 5.75 Å². The lowest BCUT2D eigenvalue weighted by Gasteiger charge is -2.14. The molecule has 0 heterocycles. The van der Waals surface area contributed by atoms with Gasteiger partial charge in [-0.1, -0.05) is 49.9 Å². The molecule has 1 aromatic carbocycles. The summed E-state index contributed by atoms with van der Waals surface area (Å²) in [5.41, 5.74) is 0.446. The standard InChI is InChI=1S/C14H19Cl2NO2/c1-4-9(5-2)8-17-14(18)10-6-11(15)13(19-3)12(16)7-10/h6-7,9H,4-5,8H2,1-3H3,(H,17,18). The van der Waals surface area contributed by atoms with E-state index in [4.69, 9.17) is 27.9 Å². The van der Waals surface area contributed by atoms with Crippen molar-refractivity contribution in [2.75, 3.05) is 13.7 Å². The minimum absolute atomic E-state index is 0.168. The van der Waals surface area contributed by atoms with Crippen LogP contribution in [0.1, 0.15) is 37.0 Å². The molecule has 0 aliphatic carbocycles. The lowest BCUT2D eigenvalue weighted by Crippen LogP contribution is -2.28. The highest BCUT2D eigenvalue weighted by atomic mass is 35.5. The Hall–Kier alpha value is -0.930. The Labute approximate surface area is 124 Å². The zero-order chi connectivity index (χ0) is 14.4. The van der Waals surface area contributed by atoms with Crippen LogP contribution in [0.4, 0.5) is 0 Å². The van der Waals surface area contributed by atoms with Gasteiger partial charge < -0.3 is 10.1 Å². The van der Waals surface area contributed by atoms with Crippen LogP contribution in [-0.4, -0.2) is 19.6 Å². The molecule has 1 N–H and O–H groups in total. The van der Waals surface area contributed by atoms with Crippen molar-refractivity contribution in [3.63, 3.8) is 0 Å². The Morgan fingerprint density at radius 3 is 2.21 bits per heavy atom. The summed E-state index contributed by atoms with van der Waals surface area (Å²) in [4.78, 5) is 12.0. The number of hydrogen-bond acceptors (Lipinski definition) is 2. The summed E-state index contributed by atoms with van der Waals surface area (Å²) in [6.45, 7) is 4.88. The minimum atomic E-state index is -0.168. The van der Waals surface area contributed by atoms with E-state index >= 15 is 0 Å². The van der Waals surface area contributed by atoms with Gasteiger partial charge in [-0.25, -0.2) is 0 Å². The van der Waals surface area contributed by atoms with E-state index in [-0.39, 0.29) is 5.91 Å². The molecule has 0 radical (unpaired) electrons. The average molecular weight is 304 g/mol. The maximum atomic E-state index is 12.0. The topological polar surface area (TPSA) is 38.3 Å². The number of ether oxygens (including phenoxy) is 1. The van der Waals surface area contributed by atoms with E-state index in [1.54, 1.807) is 12.1 Å². The van der Waals surface area contributed by atoms with Gasteiger partial charge in [0, 0.05) is 12.1 Å². The molecular weight excluding hydrogens is 285 g/mol. The molecule has 0 aliphatic rings. The van der Waals surface area contributed by atoms with Crippen LogP contribution in [0.25, 0.3) is 0 Å². The van der Waals surface area contributed by atoms with Crippen molar-refractivity contribution in [2.45, 2.75) is 26.7 Å². The van der Waals surface area contributed by atoms with E-state index in [1.165, 1.54) is 7.11 Å². The Balaban J connectivity index is 2.78. The van der Waals surface area contributed by atoms with Crippen LogP contribution in [0.2, 0.25) is 10.0 Å². The summed E-state index contributed by atoms with van der Waals surface area (Å²) in [5, 5.41) is 3.57. The van der Waals surface area contributed by atoms with E-state index in [0.717, 1.165) is 12.8 Å². The monoisotopic (exact) mass is 303 g/mol. The molecule has 0 aromatic heterocycles. The fourth-order valence-electron chi connectivity index (χ4n) is 1.80. The van der Waals surface area contributed by atoms with Gasteiger partial charge in [0.2, 0.25) is 0 Å². The summed E-state index contributed by atoms with van der Waals surface area (Å²) < 4.78 is 5.05. The lowest BCUT2D eigenvalue weighted by molar-refractivity contribution is 0.0946. The largest absolute Gasteiger partial charge is 0.494 e. The number of carbonyl (C=O) groups excluding carboxylic acids is 1. The molecule has 1 aromatic rings. The molecule has 0 fully saturated rings. The van der Waals surface area contributed by atoms with E-state index in [9.17, 15) is 4.79 Å². The molecule has 0 spiro atoms. The van der Waals surface area contributed by atoms with E-state index in [0.29, 0.717) is 33.8 Å². The third kappa shape index (κ3) is 4.29. The summed E-state index contributed by atoms with van der Waals surface area (Å²) in [6.07, 6.45) is 2.09. The third-order valence-electron chi connectivity index (χ3n) is 3.17. The molecule has 1 amide bonds. The van der Waals surface area contributed by atoms with Crippen molar-refractivity contribution in [3.05, 3.63) is 27.7 Å². The predicted molar refractivity (Wildman–Crippen MR) is 79.4 cm³/mol. The number of methoxy groups -OCH3 is 1. The SMILES string of the molecule is CCC(CC)CNC(=O)c1cc(Cl)c(OC)c(Cl)c1. The van der Waals surface area contributed by atoms with Crippen LogP contribution >= 0.6 is 23.2 Å². The summed E-state index contributed by atoms with van der Waals surface area (Å²) in [7, 11) is 1.49. The van der Waals surface area contributed by atoms with E-state index in [2.05, 4.69) is 19.2 Å².